The molecule has 3 aromatic heterocycles. The molecule has 0 bridgehead atoms. The quantitative estimate of drug-likeness (QED) is 0.376. The van der Waals surface area contributed by atoms with Gasteiger partial charge in [-0.2, -0.15) is 14.9 Å². The summed E-state index contributed by atoms with van der Waals surface area (Å²) >= 11 is 0. The summed E-state index contributed by atoms with van der Waals surface area (Å²) in [4.78, 5) is 25.9. The monoisotopic (exact) mass is 486 g/mol. The molecule has 5 rings (SSSR count). The van der Waals surface area contributed by atoms with Crippen LogP contribution in [0.4, 0.5) is 5.82 Å². The molecule has 0 atom stereocenters. The van der Waals surface area contributed by atoms with Crippen LogP contribution >= 0.6 is 0 Å². The van der Waals surface area contributed by atoms with Crippen molar-refractivity contribution in [3.63, 3.8) is 0 Å². The van der Waals surface area contributed by atoms with Crippen LogP contribution in [-0.4, -0.2) is 57.0 Å². The van der Waals surface area contributed by atoms with Crippen LogP contribution in [0.3, 0.4) is 0 Å². The van der Waals surface area contributed by atoms with Crippen molar-refractivity contribution >= 4 is 12.0 Å². The van der Waals surface area contributed by atoms with Crippen molar-refractivity contribution in [3.05, 3.63) is 59.3 Å². The summed E-state index contributed by atoms with van der Waals surface area (Å²) in [5, 5.41) is 9.01. The van der Waals surface area contributed by atoms with Crippen LogP contribution in [0.1, 0.15) is 12.8 Å². The molecular weight excluding hydrogens is 460 g/mol. The molecule has 1 aromatic carbocycles. The number of aliphatic imine (C=N–C) groups is 1. The second-order valence-corrected chi connectivity index (χ2v) is 8.70. The summed E-state index contributed by atoms with van der Waals surface area (Å²) in [5.41, 5.74) is 8.57. The largest absolute Gasteiger partial charge is 0.497 e. The highest BCUT2D eigenvalue weighted by atomic mass is 16.5. The van der Waals surface area contributed by atoms with E-state index in [2.05, 4.69) is 20.2 Å². The van der Waals surface area contributed by atoms with Crippen molar-refractivity contribution in [2.24, 2.45) is 10.4 Å². The lowest BCUT2D eigenvalue weighted by molar-refractivity contribution is 0.393. The summed E-state index contributed by atoms with van der Waals surface area (Å²) in [6.45, 7) is 0.760. The van der Waals surface area contributed by atoms with E-state index in [-0.39, 0.29) is 16.8 Å². The van der Waals surface area contributed by atoms with E-state index in [0.717, 1.165) is 24.9 Å². The topological polar surface area (TPSA) is 135 Å². The van der Waals surface area contributed by atoms with Gasteiger partial charge in [-0.1, -0.05) is 0 Å². The van der Waals surface area contributed by atoms with Gasteiger partial charge < -0.3 is 20.2 Å². The molecule has 1 aliphatic carbocycles. The van der Waals surface area contributed by atoms with Gasteiger partial charge in [0.15, 0.2) is 5.82 Å². The number of aromatic nitrogens is 6. The second kappa shape index (κ2) is 9.25. The Morgan fingerprint density at radius 2 is 1.86 bits per heavy atom. The number of methoxy groups -OCH3 is 2. The number of ether oxygens (including phenoxy) is 2. The van der Waals surface area contributed by atoms with Gasteiger partial charge in [-0.25, -0.2) is 9.97 Å². The van der Waals surface area contributed by atoms with Crippen LogP contribution in [0.5, 0.6) is 11.5 Å². The number of hydrogen-bond acceptors (Lipinski definition) is 9. The molecule has 0 amide bonds. The van der Waals surface area contributed by atoms with Crippen LogP contribution < -0.4 is 20.8 Å². The van der Waals surface area contributed by atoms with E-state index in [9.17, 15) is 4.79 Å². The molecule has 1 saturated carbocycles. The molecule has 36 heavy (non-hydrogen) atoms. The van der Waals surface area contributed by atoms with Gasteiger partial charge in [-0.15, -0.1) is 0 Å². The fourth-order valence-electron chi connectivity index (χ4n) is 4.03. The molecule has 1 fully saturated rings. The van der Waals surface area contributed by atoms with Gasteiger partial charge in [-0.05, 0) is 18.9 Å². The van der Waals surface area contributed by atoms with Crippen molar-refractivity contribution in [2.75, 3.05) is 27.0 Å². The number of nitrogen functional groups attached to an aromatic ring is 1. The lowest BCUT2D eigenvalue weighted by Gasteiger charge is -2.11. The second-order valence-electron chi connectivity index (χ2n) is 8.70. The lowest BCUT2D eigenvalue weighted by Crippen LogP contribution is -2.21. The maximum absolute atomic E-state index is 12.7. The fraction of sp³-hybridized carbons (Fsp3) is 0.280. The third-order valence-electron chi connectivity index (χ3n) is 6.13. The van der Waals surface area contributed by atoms with Gasteiger partial charge in [0.05, 0.1) is 44.5 Å². The number of nitrogens with zero attached hydrogens (tertiary/aromatic N) is 7. The highest BCUT2D eigenvalue weighted by Gasteiger charge is 2.41. The Balaban J connectivity index is 1.50. The number of benzene rings is 1. The number of anilines is 1. The van der Waals surface area contributed by atoms with E-state index >= 15 is 0 Å². The molecule has 0 unspecified atom stereocenters. The molecule has 4 aromatic rings. The van der Waals surface area contributed by atoms with Gasteiger partial charge in [-0.3, -0.25) is 9.48 Å². The van der Waals surface area contributed by atoms with Crippen LogP contribution in [0.15, 0.2) is 58.7 Å². The molecular formula is C25H26N8O3. The molecule has 1 aliphatic rings. The van der Waals surface area contributed by atoms with Crippen molar-refractivity contribution in [3.8, 4) is 39.8 Å². The average molecular weight is 487 g/mol. The molecule has 3 heterocycles. The Labute approximate surface area is 207 Å². The first-order valence-corrected chi connectivity index (χ1v) is 11.4. The normalized spacial score (nSPS) is 14.2. The van der Waals surface area contributed by atoms with E-state index in [1.54, 1.807) is 43.7 Å². The maximum atomic E-state index is 12.7. The first-order chi connectivity index (χ1) is 17.4. The van der Waals surface area contributed by atoms with Crippen LogP contribution in [0.25, 0.3) is 28.3 Å². The molecule has 0 radical (unpaired) electrons. The summed E-state index contributed by atoms with van der Waals surface area (Å²) in [5.74, 6) is 1.25. The van der Waals surface area contributed by atoms with Gasteiger partial charge in [0.2, 0.25) is 0 Å². The van der Waals surface area contributed by atoms with E-state index in [1.165, 1.54) is 25.0 Å². The van der Waals surface area contributed by atoms with Gasteiger partial charge in [0.25, 0.3) is 5.56 Å². The Morgan fingerprint density at radius 3 is 2.53 bits per heavy atom. The maximum Gasteiger partial charge on any atom is 0.271 e. The summed E-state index contributed by atoms with van der Waals surface area (Å²) in [7, 11) is 4.87. The smallest absolute Gasteiger partial charge is 0.271 e. The van der Waals surface area contributed by atoms with Crippen molar-refractivity contribution in [1.29, 1.82) is 0 Å². The van der Waals surface area contributed by atoms with E-state index in [4.69, 9.17) is 20.2 Å². The molecule has 184 valence electrons. The molecule has 11 nitrogen and oxygen atoms in total. The number of nitrogens with two attached hydrogens (primary N) is 1. The van der Waals surface area contributed by atoms with Crippen LogP contribution in [-0.2, 0) is 6.54 Å². The molecule has 0 aliphatic heterocycles. The van der Waals surface area contributed by atoms with Crippen molar-refractivity contribution in [1.82, 2.24) is 29.5 Å². The molecule has 2 N–H and O–H groups in total. The average Bonchev–Trinajstić information content (AvgIpc) is 3.49. The molecule has 0 saturated heterocycles. The van der Waals surface area contributed by atoms with Gasteiger partial charge in [0, 0.05) is 54.7 Å². The first-order valence-electron chi connectivity index (χ1n) is 11.4. The van der Waals surface area contributed by atoms with Crippen molar-refractivity contribution in [2.45, 2.75) is 19.4 Å². The van der Waals surface area contributed by atoms with E-state index in [1.807, 2.05) is 17.1 Å². The van der Waals surface area contributed by atoms with E-state index < -0.39 is 0 Å². The highest BCUT2D eigenvalue weighted by molar-refractivity contribution is 5.71. The Morgan fingerprint density at radius 1 is 1.11 bits per heavy atom. The summed E-state index contributed by atoms with van der Waals surface area (Å²) < 4.78 is 13.8. The van der Waals surface area contributed by atoms with Crippen LogP contribution in [0.2, 0.25) is 0 Å². The fourth-order valence-corrected chi connectivity index (χ4v) is 4.03. The van der Waals surface area contributed by atoms with Crippen molar-refractivity contribution < 1.29 is 9.47 Å². The van der Waals surface area contributed by atoms with E-state index in [0.29, 0.717) is 34.3 Å². The standard InChI is InChI=1S/C25H26N8O3/c1-27-14-25(6-7-25)15-32-13-16(11-29-32)21-12-28-24(26)23(30-21)20-4-5-22(34)33(31-20)17-8-18(35-2)10-19(9-17)36-3/h4-5,8-14H,6-7,15H2,1-3H3,(H2,26,28). The Kier molecular flexibility index (Phi) is 5.96. The Hall–Kier alpha value is -4.54. The molecule has 0 spiro atoms. The third kappa shape index (κ3) is 4.54. The zero-order valence-corrected chi connectivity index (χ0v) is 20.3. The minimum absolute atomic E-state index is 0.0937. The number of rotatable bonds is 8. The summed E-state index contributed by atoms with van der Waals surface area (Å²) in [6.07, 6.45) is 9.50. The highest BCUT2D eigenvalue weighted by Crippen LogP contribution is 2.45. The molecule has 11 heteroatoms. The summed E-state index contributed by atoms with van der Waals surface area (Å²) in [6, 6.07) is 8.08. The minimum atomic E-state index is -0.331. The van der Waals surface area contributed by atoms with Gasteiger partial charge in [0.1, 0.15) is 22.9 Å². The number of hydrogen-bond donors (Lipinski definition) is 1. The predicted molar refractivity (Wildman–Crippen MR) is 136 cm³/mol. The third-order valence-corrected chi connectivity index (χ3v) is 6.13. The minimum Gasteiger partial charge on any atom is -0.497 e. The Bertz CT molecular complexity index is 1480. The lowest BCUT2D eigenvalue weighted by atomic mass is 10.1. The van der Waals surface area contributed by atoms with Gasteiger partial charge >= 0.3 is 0 Å². The van der Waals surface area contributed by atoms with Crippen LogP contribution in [0, 0.1) is 5.41 Å². The first kappa shape index (κ1) is 23.2. The SMILES string of the molecule is CN=CC1(Cn2cc(-c3cnc(N)c(-c4ccc(=O)n(-c5cc(OC)cc(OC)c5)n4)n3)cn2)CC1. The predicted octanol–water partition coefficient (Wildman–Crippen LogP) is 2.63. The zero-order chi connectivity index (χ0) is 25.3. The zero-order valence-electron chi connectivity index (χ0n) is 20.3.